The van der Waals surface area contributed by atoms with Crippen LogP contribution in [0.5, 0.6) is 0 Å². The molecule has 0 spiro atoms. The van der Waals surface area contributed by atoms with Crippen molar-refractivity contribution in [1.29, 1.82) is 0 Å². The Morgan fingerprint density at radius 3 is 1.71 bits per heavy atom. The van der Waals surface area contributed by atoms with Crippen LogP contribution in [0.4, 0.5) is 0 Å². The second kappa shape index (κ2) is 28.4. The van der Waals surface area contributed by atoms with E-state index in [1.165, 1.54) is 83.2 Å². The first kappa shape index (κ1) is 31.8. The monoisotopic (exact) mass is 398 g/mol. The lowest BCUT2D eigenvalue weighted by molar-refractivity contribution is 0.442. The first-order valence-electron chi connectivity index (χ1n) is 11.6. The van der Waals surface area contributed by atoms with Gasteiger partial charge in [-0.2, -0.15) is 0 Å². The van der Waals surface area contributed by atoms with E-state index < -0.39 is 0 Å². The van der Waals surface area contributed by atoms with E-state index in [0.29, 0.717) is 0 Å². The molecule has 0 amide bonds. The minimum Gasteiger partial charge on any atom is -0.372 e. The largest absolute Gasteiger partial charge is 0.372 e. The minimum atomic E-state index is 0.134. The van der Waals surface area contributed by atoms with E-state index in [4.69, 9.17) is 5.73 Å². The van der Waals surface area contributed by atoms with Gasteiger partial charge in [-0.25, -0.2) is 0 Å². The fourth-order valence-corrected chi connectivity index (χ4v) is 2.28. The molecule has 28 heavy (non-hydrogen) atoms. The number of likely N-dealkylation sites (tertiary alicyclic amines) is 1. The summed E-state index contributed by atoms with van der Waals surface area (Å²) in [6.07, 6.45) is 14.9. The van der Waals surface area contributed by atoms with E-state index in [1.54, 1.807) is 0 Å². The van der Waals surface area contributed by atoms with Crippen LogP contribution in [0.25, 0.3) is 0 Å². The fourth-order valence-electron chi connectivity index (χ4n) is 2.28. The highest BCUT2D eigenvalue weighted by atomic mass is 15.1. The Bertz CT molecular complexity index is 300. The summed E-state index contributed by atoms with van der Waals surface area (Å²) in [5.74, 6) is 0. The molecule has 0 aromatic heterocycles. The molecule has 0 bridgehead atoms. The number of hydrogen-bond acceptors (Lipinski definition) is 4. The Balaban J connectivity index is -0.000000311. The molecule has 0 aromatic carbocycles. The van der Waals surface area contributed by atoms with Crippen LogP contribution in [0.2, 0.25) is 0 Å². The molecule has 0 radical (unpaired) electrons. The van der Waals surface area contributed by atoms with Crippen LogP contribution in [0, 0.1) is 0 Å². The van der Waals surface area contributed by atoms with Crippen LogP contribution in [0.1, 0.15) is 92.9 Å². The molecule has 1 fully saturated rings. The van der Waals surface area contributed by atoms with E-state index in [9.17, 15) is 0 Å². The number of nitrogens with one attached hydrogen (secondary N) is 2. The number of allylic oxidation sites excluding steroid dienone is 2. The molecule has 1 heterocycles. The van der Waals surface area contributed by atoms with Gasteiger partial charge in [0.25, 0.3) is 0 Å². The van der Waals surface area contributed by atoms with Crippen LogP contribution >= 0.6 is 0 Å². The molecule has 4 N–H and O–H groups in total. The zero-order valence-corrected chi connectivity index (χ0v) is 20.4. The first-order valence-corrected chi connectivity index (χ1v) is 11.6. The Morgan fingerprint density at radius 2 is 1.43 bits per heavy atom. The molecule has 1 atom stereocenters. The normalized spacial score (nSPS) is 13.6. The predicted molar refractivity (Wildman–Crippen MR) is 131 cm³/mol. The van der Waals surface area contributed by atoms with Gasteiger partial charge in [0, 0.05) is 18.8 Å². The van der Waals surface area contributed by atoms with Crippen molar-refractivity contribution >= 4 is 0 Å². The molecule has 4 heteroatoms. The van der Waals surface area contributed by atoms with Gasteiger partial charge in [-0.15, -0.1) is 0 Å². The van der Waals surface area contributed by atoms with Gasteiger partial charge in [-0.3, -0.25) is 0 Å². The maximum Gasteiger partial charge on any atom is 0.0514 e. The summed E-state index contributed by atoms with van der Waals surface area (Å²) in [4.78, 5) is 2.33. The van der Waals surface area contributed by atoms with E-state index in [2.05, 4.69) is 55.9 Å². The third kappa shape index (κ3) is 29.9. The van der Waals surface area contributed by atoms with Gasteiger partial charge in [0.2, 0.25) is 0 Å². The highest BCUT2D eigenvalue weighted by Crippen LogP contribution is 2.13. The third-order valence-electron chi connectivity index (χ3n) is 4.14. The lowest BCUT2D eigenvalue weighted by atomic mass is 10.2. The lowest BCUT2D eigenvalue weighted by Crippen LogP contribution is -2.30. The highest BCUT2D eigenvalue weighted by Gasteiger charge is 2.10. The van der Waals surface area contributed by atoms with Crippen LogP contribution in [-0.2, 0) is 0 Å². The second-order valence-electron chi connectivity index (χ2n) is 7.22. The van der Waals surface area contributed by atoms with E-state index in [0.717, 1.165) is 0 Å². The van der Waals surface area contributed by atoms with Crippen LogP contribution in [0.15, 0.2) is 24.4 Å². The average Bonchev–Trinajstić information content (AvgIpc) is 3.23. The molecule has 4 nitrogen and oxygen atoms in total. The number of nitrogens with zero attached hydrogens (tertiary/aromatic N) is 1. The van der Waals surface area contributed by atoms with Gasteiger partial charge in [0.1, 0.15) is 0 Å². The van der Waals surface area contributed by atoms with Gasteiger partial charge in [0.05, 0.1) is 6.17 Å². The van der Waals surface area contributed by atoms with Gasteiger partial charge >= 0.3 is 0 Å². The maximum absolute atomic E-state index is 5.18. The second-order valence-corrected chi connectivity index (χ2v) is 7.22. The van der Waals surface area contributed by atoms with Crippen molar-refractivity contribution in [2.75, 3.05) is 33.2 Å². The third-order valence-corrected chi connectivity index (χ3v) is 4.14. The molecular weight excluding hydrogens is 344 g/mol. The summed E-state index contributed by atoms with van der Waals surface area (Å²) in [5.41, 5.74) is 6.35. The summed E-state index contributed by atoms with van der Waals surface area (Å²) in [5, 5.41) is 6.09. The standard InChI is InChI=1S/C9H15N.C6H15N.C6H14.C3H10N2/c1-3-6-9(2)10-7-4-5-8-10;1-3-5-7-6-4-2;1-3-5-6-4-2;1-3(4)5-2/h3,6H,2,4-5,7-8H2,1H3;7H,3-6H2,1-2H3;3-6H2,1-2H3;3,5H,4H2,1-2H3/b6-3-;;;. The van der Waals surface area contributed by atoms with Gasteiger partial charge in [-0.1, -0.05) is 66.0 Å². The molecule has 0 saturated carbocycles. The minimum absolute atomic E-state index is 0.134. The molecule has 1 aliphatic heterocycles. The molecule has 0 aromatic rings. The van der Waals surface area contributed by atoms with Crippen molar-refractivity contribution in [3.63, 3.8) is 0 Å². The van der Waals surface area contributed by atoms with E-state index in [1.807, 2.05) is 27.0 Å². The van der Waals surface area contributed by atoms with Crippen LogP contribution < -0.4 is 16.4 Å². The molecule has 170 valence electrons. The molecule has 1 rings (SSSR count). The SMILES string of the molecule is C=C(/C=C\C)N1CCCC1.CCCCCC.CCCNCCC.CNC(C)N. The predicted octanol–water partition coefficient (Wildman–Crippen LogP) is 5.67. The van der Waals surface area contributed by atoms with Crippen molar-refractivity contribution in [2.45, 2.75) is 99.1 Å². The van der Waals surface area contributed by atoms with Crippen molar-refractivity contribution < 1.29 is 0 Å². The number of unbranched alkanes of at least 4 members (excludes halogenated alkanes) is 3. The summed E-state index contributed by atoms with van der Waals surface area (Å²) >= 11 is 0. The van der Waals surface area contributed by atoms with E-state index in [-0.39, 0.29) is 6.17 Å². The van der Waals surface area contributed by atoms with Crippen molar-refractivity contribution in [3.8, 4) is 0 Å². The maximum atomic E-state index is 5.18. The summed E-state index contributed by atoms with van der Waals surface area (Å²) in [6.45, 7) is 21.5. The van der Waals surface area contributed by atoms with E-state index >= 15 is 0 Å². The van der Waals surface area contributed by atoms with Gasteiger partial charge < -0.3 is 21.3 Å². The van der Waals surface area contributed by atoms with Crippen molar-refractivity contribution in [1.82, 2.24) is 15.5 Å². The van der Waals surface area contributed by atoms with Gasteiger partial charge in [-0.05, 0) is 65.7 Å². The molecular formula is C24H54N4. The quantitative estimate of drug-likeness (QED) is 0.252. The molecule has 1 aliphatic rings. The Labute approximate surface area is 178 Å². The number of hydrogen-bond donors (Lipinski definition) is 3. The summed E-state index contributed by atoms with van der Waals surface area (Å²) in [7, 11) is 1.82. The Hall–Kier alpha value is -0.840. The summed E-state index contributed by atoms with van der Waals surface area (Å²) < 4.78 is 0. The molecule has 0 aliphatic carbocycles. The zero-order chi connectivity index (χ0) is 22.0. The van der Waals surface area contributed by atoms with Crippen molar-refractivity contribution in [2.24, 2.45) is 5.73 Å². The average molecular weight is 399 g/mol. The smallest absolute Gasteiger partial charge is 0.0514 e. The van der Waals surface area contributed by atoms with Crippen LogP contribution in [-0.4, -0.2) is 44.3 Å². The molecule has 1 unspecified atom stereocenters. The Kier molecular flexibility index (Phi) is 32.3. The highest BCUT2D eigenvalue weighted by molar-refractivity contribution is 5.13. The molecule has 1 saturated heterocycles. The lowest BCUT2D eigenvalue weighted by Gasteiger charge is -2.16. The number of rotatable bonds is 10. The van der Waals surface area contributed by atoms with Crippen molar-refractivity contribution in [3.05, 3.63) is 24.4 Å². The first-order chi connectivity index (χ1) is 13.4. The zero-order valence-electron chi connectivity index (χ0n) is 20.4. The Morgan fingerprint density at radius 1 is 1.00 bits per heavy atom. The topological polar surface area (TPSA) is 53.3 Å². The van der Waals surface area contributed by atoms with Crippen LogP contribution in [0.3, 0.4) is 0 Å². The summed E-state index contributed by atoms with van der Waals surface area (Å²) in [6, 6.07) is 0. The fraction of sp³-hybridized carbons (Fsp3) is 0.833. The number of nitrogens with two attached hydrogens (primary N) is 1. The van der Waals surface area contributed by atoms with Gasteiger partial charge in [0.15, 0.2) is 0 Å².